The van der Waals surface area contributed by atoms with Crippen LogP contribution in [0.2, 0.25) is 5.02 Å². The van der Waals surface area contributed by atoms with Gasteiger partial charge >= 0.3 is 0 Å². The second kappa shape index (κ2) is 9.67. The Hall–Kier alpha value is -2.70. The Morgan fingerprint density at radius 1 is 1.17 bits per heavy atom. The Morgan fingerprint density at radius 3 is 2.52 bits per heavy atom. The van der Waals surface area contributed by atoms with Crippen molar-refractivity contribution in [3.63, 3.8) is 0 Å². The fourth-order valence-electron chi connectivity index (χ4n) is 3.26. The summed E-state index contributed by atoms with van der Waals surface area (Å²) in [5.74, 6) is -0.423. The number of hydrogen-bond acceptors (Lipinski definition) is 3. The molecule has 29 heavy (non-hydrogen) atoms. The number of nitrogens with zero attached hydrogens (tertiary/aromatic N) is 2. The summed E-state index contributed by atoms with van der Waals surface area (Å²) in [6.45, 7) is 4.58. The summed E-state index contributed by atoms with van der Waals surface area (Å²) in [5.41, 5.74) is 1.78. The molecule has 1 aliphatic rings. The van der Waals surface area contributed by atoms with Gasteiger partial charge in [0.05, 0.1) is 6.42 Å². The maximum atomic E-state index is 12.9. The van der Waals surface area contributed by atoms with E-state index in [-0.39, 0.29) is 18.2 Å². The number of thiocarbonyl (C=S) groups is 1. The Bertz CT molecular complexity index is 902. The predicted octanol–water partition coefficient (Wildman–Crippen LogP) is 3.90. The molecule has 1 saturated heterocycles. The summed E-state index contributed by atoms with van der Waals surface area (Å²) in [7, 11) is 0. The number of halogens is 1. The normalized spacial score (nSPS) is 16.2. The molecule has 0 spiro atoms. The average molecular weight is 428 g/mol. The molecule has 0 saturated carbocycles. The summed E-state index contributed by atoms with van der Waals surface area (Å²) in [6.07, 6.45) is 2.38. The predicted molar refractivity (Wildman–Crippen MR) is 120 cm³/mol. The van der Waals surface area contributed by atoms with E-state index < -0.39 is 6.04 Å². The minimum absolute atomic E-state index is 0.0179. The molecule has 150 valence electrons. The zero-order chi connectivity index (χ0) is 20.8. The van der Waals surface area contributed by atoms with Gasteiger partial charge in [0.2, 0.25) is 5.91 Å². The first-order valence-corrected chi connectivity index (χ1v) is 10.1. The standard InChI is InChI=1S/C22H22ClN3O2S/c1-2-13-26-21(28)19(15-20(27)24-18-10-8-17(23)9-11-18)25(22(26)29)14-12-16-6-4-3-5-7-16/h2-11,19H,1,12-15H2,(H,24,27)/t19-/m1/s1. The Balaban J connectivity index is 1.71. The third kappa shape index (κ3) is 5.22. The van der Waals surface area contributed by atoms with Gasteiger partial charge in [-0.25, -0.2) is 0 Å². The van der Waals surface area contributed by atoms with Gasteiger partial charge in [-0.05, 0) is 48.5 Å². The monoisotopic (exact) mass is 427 g/mol. The lowest BCUT2D eigenvalue weighted by molar-refractivity contribution is -0.130. The molecule has 0 aliphatic carbocycles. The van der Waals surface area contributed by atoms with Gasteiger partial charge in [-0.15, -0.1) is 6.58 Å². The molecule has 0 radical (unpaired) electrons. The molecule has 2 aromatic rings. The Morgan fingerprint density at radius 2 is 1.86 bits per heavy atom. The molecule has 1 N–H and O–H groups in total. The van der Waals surface area contributed by atoms with Crippen molar-refractivity contribution in [2.75, 3.05) is 18.4 Å². The number of rotatable bonds is 8. The van der Waals surface area contributed by atoms with Crippen LogP contribution in [0.3, 0.4) is 0 Å². The van der Waals surface area contributed by atoms with Gasteiger partial charge in [-0.1, -0.05) is 48.0 Å². The van der Waals surface area contributed by atoms with E-state index in [2.05, 4.69) is 11.9 Å². The van der Waals surface area contributed by atoms with Crippen LogP contribution in [0.5, 0.6) is 0 Å². The third-order valence-electron chi connectivity index (χ3n) is 4.71. The van der Waals surface area contributed by atoms with E-state index in [0.29, 0.717) is 28.9 Å². The zero-order valence-electron chi connectivity index (χ0n) is 15.9. The number of benzene rings is 2. The molecule has 2 amide bonds. The lowest BCUT2D eigenvalue weighted by Gasteiger charge is -2.23. The highest BCUT2D eigenvalue weighted by molar-refractivity contribution is 7.80. The molecule has 1 aliphatic heterocycles. The topological polar surface area (TPSA) is 52.7 Å². The van der Waals surface area contributed by atoms with Crippen LogP contribution in [-0.2, 0) is 16.0 Å². The molecule has 5 nitrogen and oxygen atoms in total. The maximum Gasteiger partial charge on any atom is 0.252 e. The summed E-state index contributed by atoms with van der Waals surface area (Å²) < 4.78 is 0. The second-order valence-corrected chi connectivity index (χ2v) is 7.53. The number of amides is 2. The summed E-state index contributed by atoms with van der Waals surface area (Å²) in [4.78, 5) is 28.8. The van der Waals surface area contributed by atoms with Crippen LogP contribution in [0, 0.1) is 0 Å². The van der Waals surface area contributed by atoms with Crippen molar-refractivity contribution in [2.45, 2.75) is 18.9 Å². The first-order chi connectivity index (χ1) is 14.0. The van der Waals surface area contributed by atoms with Crippen molar-refractivity contribution < 1.29 is 9.59 Å². The minimum Gasteiger partial charge on any atom is -0.336 e. The number of carbonyl (C=O) groups excluding carboxylic acids is 2. The average Bonchev–Trinajstić information content (AvgIpc) is 2.93. The SMILES string of the molecule is C=CCN1C(=O)[C@@H](CC(=O)Nc2ccc(Cl)cc2)N(CCc2ccccc2)C1=S. The molecule has 1 heterocycles. The number of nitrogens with one attached hydrogen (secondary N) is 1. The van der Waals surface area contributed by atoms with Gasteiger partial charge in [0.25, 0.3) is 5.91 Å². The van der Waals surface area contributed by atoms with Gasteiger partial charge < -0.3 is 10.2 Å². The van der Waals surface area contributed by atoms with Crippen molar-refractivity contribution in [3.8, 4) is 0 Å². The van der Waals surface area contributed by atoms with E-state index >= 15 is 0 Å². The van der Waals surface area contributed by atoms with E-state index in [1.54, 1.807) is 30.3 Å². The van der Waals surface area contributed by atoms with Crippen LogP contribution in [-0.4, -0.2) is 45.9 Å². The Labute approximate surface area is 180 Å². The van der Waals surface area contributed by atoms with E-state index in [4.69, 9.17) is 23.8 Å². The molecule has 1 atom stereocenters. The molecule has 0 aromatic heterocycles. The van der Waals surface area contributed by atoms with Gasteiger partial charge in [0, 0.05) is 23.8 Å². The molecule has 0 bridgehead atoms. The lowest BCUT2D eigenvalue weighted by Crippen LogP contribution is -2.39. The summed E-state index contributed by atoms with van der Waals surface area (Å²) in [5, 5.41) is 3.84. The smallest absolute Gasteiger partial charge is 0.252 e. The van der Waals surface area contributed by atoms with Gasteiger partial charge in [0.1, 0.15) is 6.04 Å². The van der Waals surface area contributed by atoms with E-state index in [0.717, 1.165) is 12.0 Å². The molecule has 1 fully saturated rings. The molecule has 0 unspecified atom stereocenters. The van der Waals surface area contributed by atoms with Crippen LogP contribution in [0.4, 0.5) is 5.69 Å². The fraction of sp³-hybridized carbons (Fsp3) is 0.227. The van der Waals surface area contributed by atoms with Gasteiger partial charge in [-0.3, -0.25) is 14.5 Å². The van der Waals surface area contributed by atoms with Crippen LogP contribution in [0.25, 0.3) is 0 Å². The highest BCUT2D eigenvalue weighted by atomic mass is 35.5. The summed E-state index contributed by atoms with van der Waals surface area (Å²) in [6, 6.07) is 16.2. The van der Waals surface area contributed by atoms with E-state index in [9.17, 15) is 9.59 Å². The van der Waals surface area contributed by atoms with Gasteiger partial charge in [0.15, 0.2) is 5.11 Å². The molecule has 3 rings (SSSR count). The van der Waals surface area contributed by atoms with E-state index in [1.807, 2.05) is 35.2 Å². The fourth-order valence-corrected chi connectivity index (χ4v) is 3.77. The second-order valence-electron chi connectivity index (χ2n) is 6.72. The summed E-state index contributed by atoms with van der Waals surface area (Å²) >= 11 is 11.4. The Kier molecular flexibility index (Phi) is 7.01. The first-order valence-electron chi connectivity index (χ1n) is 9.32. The van der Waals surface area contributed by atoms with E-state index in [1.165, 1.54) is 4.90 Å². The van der Waals surface area contributed by atoms with Crippen molar-refractivity contribution >= 4 is 46.4 Å². The highest BCUT2D eigenvalue weighted by Crippen LogP contribution is 2.22. The van der Waals surface area contributed by atoms with Crippen LogP contribution in [0.15, 0.2) is 67.3 Å². The van der Waals surface area contributed by atoms with Crippen molar-refractivity contribution in [1.29, 1.82) is 0 Å². The van der Waals surface area contributed by atoms with Crippen LogP contribution in [0.1, 0.15) is 12.0 Å². The van der Waals surface area contributed by atoms with Gasteiger partial charge in [-0.2, -0.15) is 0 Å². The van der Waals surface area contributed by atoms with Crippen molar-refractivity contribution in [2.24, 2.45) is 0 Å². The quantitative estimate of drug-likeness (QED) is 0.513. The minimum atomic E-state index is -0.626. The molecular formula is C22H22ClN3O2S. The third-order valence-corrected chi connectivity index (χ3v) is 5.41. The molecule has 7 heteroatoms. The highest BCUT2D eigenvalue weighted by Gasteiger charge is 2.42. The molecular weight excluding hydrogens is 406 g/mol. The largest absolute Gasteiger partial charge is 0.336 e. The lowest BCUT2D eigenvalue weighted by atomic mass is 10.1. The molecule has 2 aromatic carbocycles. The zero-order valence-corrected chi connectivity index (χ0v) is 17.5. The maximum absolute atomic E-state index is 12.9. The number of hydrogen-bond donors (Lipinski definition) is 1. The van der Waals surface area contributed by atoms with Crippen LogP contribution >= 0.6 is 23.8 Å². The number of anilines is 1. The van der Waals surface area contributed by atoms with Crippen LogP contribution < -0.4 is 5.32 Å². The van der Waals surface area contributed by atoms with Crippen molar-refractivity contribution in [1.82, 2.24) is 9.80 Å². The first kappa shape index (κ1) is 21.0. The number of carbonyl (C=O) groups is 2. The van der Waals surface area contributed by atoms with Crippen molar-refractivity contribution in [3.05, 3.63) is 77.8 Å².